The van der Waals surface area contributed by atoms with Gasteiger partial charge in [0.2, 0.25) is 5.91 Å². The zero-order valence-electron chi connectivity index (χ0n) is 15.7. The molecule has 0 saturated carbocycles. The summed E-state index contributed by atoms with van der Waals surface area (Å²) in [6.07, 6.45) is 5.24. The van der Waals surface area contributed by atoms with Gasteiger partial charge in [-0.25, -0.2) is 4.79 Å². The number of carbonyl (C=O) groups is 2. The van der Waals surface area contributed by atoms with Crippen LogP contribution in [0.15, 0.2) is 23.6 Å². The molecule has 1 unspecified atom stereocenters. The van der Waals surface area contributed by atoms with Gasteiger partial charge in [0, 0.05) is 29.9 Å². The molecule has 2 heterocycles. The molecule has 8 heteroatoms. The quantitative estimate of drug-likeness (QED) is 0.744. The number of carbonyl (C=O) groups excluding carboxylic acids is 2. The van der Waals surface area contributed by atoms with E-state index in [0.29, 0.717) is 17.2 Å². The molecule has 0 radical (unpaired) electrons. The Hall–Kier alpha value is -2.63. The van der Waals surface area contributed by atoms with Crippen LogP contribution in [0.2, 0.25) is 0 Å². The highest BCUT2D eigenvalue weighted by Gasteiger charge is 2.27. The minimum atomic E-state index is -0.347. The van der Waals surface area contributed by atoms with Crippen LogP contribution in [0.5, 0.6) is 0 Å². The van der Waals surface area contributed by atoms with Crippen LogP contribution < -0.4 is 5.32 Å². The summed E-state index contributed by atoms with van der Waals surface area (Å²) in [5, 5.41) is 15.0. The number of fused-ring (bicyclic) bond motifs is 1. The third kappa shape index (κ3) is 4.80. The standard InChI is InChI=1S/C20H21N3O3S2/c1-23(2)20(25)26-12-13-5-7-15-16(11-21)19(28-17(15)10-13)22-18(24)8-6-14-4-3-9-27-14/h3-4,6,8-9,13H,5,7,10,12H2,1-2H3,(H,22,24)/b8-6+. The Kier molecular flexibility index (Phi) is 6.49. The molecule has 2 aromatic rings. The lowest BCUT2D eigenvalue weighted by molar-refractivity contribution is -0.111. The van der Waals surface area contributed by atoms with E-state index in [1.165, 1.54) is 22.3 Å². The number of rotatable bonds is 5. The van der Waals surface area contributed by atoms with E-state index >= 15 is 0 Å². The number of ether oxygens (including phenoxy) is 1. The highest BCUT2D eigenvalue weighted by molar-refractivity contribution is 7.16. The lowest BCUT2D eigenvalue weighted by atomic mass is 9.88. The first kappa shape index (κ1) is 20.1. The fraction of sp³-hybridized carbons (Fsp3) is 0.350. The first-order chi connectivity index (χ1) is 13.5. The maximum Gasteiger partial charge on any atom is 0.409 e. The van der Waals surface area contributed by atoms with Crippen LogP contribution in [0.1, 0.15) is 27.3 Å². The molecule has 1 aliphatic carbocycles. The van der Waals surface area contributed by atoms with Gasteiger partial charge in [-0.3, -0.25) is 4.79 Å². The van der Waals surface area contributed by atoms with Crippen LogP contribution in [-0.2, 0) is 22.4 Å². The van der Waals surface area contributed by atoms with E-state index in [0.717, 1.165) is 34.6 Å². The average Bonchev–Trinajstić information content (AvgIpc) is 3.31. The first-order valence-corrected chi connectivity index (χ1v) is 10.6. The maximum absolute atomic E-state index is 12.2. The van der Waals surface area contributed by atoms with E-state index in [-0.39, 0.29) is 17.9 Å². The van der Waals surface area contributed by atoms with Gasteiger partial charge in [-0.2, -0.15) is 5.26 Å². The first-order valence-electron chi connectivity index (χ1n) is 8.89. The molecule has 1 N–H and O–H groups in total. The topological polar surface area (TPSA) is 82.4 Å². The Bertz CT molecular complexity index is 923. The van der Waals surface area contributed by atoms with Gasteiger partial charge in [-0.05, 0) is 48.3 Å². The highest BCUT2D eigenvalue weighted by Crippen LogP contribution is 2.39. The summed E-state index contributed by atoms with van der Waals surface area (Å²) in [4.78, 5) is 27.3. The molecule has 0 aliphatic heterocycles. The lowest BCUT2D eigenvalue weighted by Crippen LogP contribution is -2.27. The minimum Gasteiger partial charge on any atom is -0.449 e. The van der Waals surface area contributed by atoms with Gasteiger partial charge in [0.25, 0.3) is 0 Å². The molecule has 2 amide bonds. The molecular formula is C20H21N3O3S2. The number of amides is 2. The van der Waals surface area contributed by atoms with E-state index in [2.05, 4.69) is 11.4 Å². The largest absolute Gasteiger partial charge is 0.449 e. The van der Waals surface area contributed by atoms with E-state index in [1.807, 2.05) is 17.5 Å². The van der Waals surface area contributed by atoms with E-state index < -0.39 is 0 Å². The molecule has 6 nitrogen and oxygen atoms in total. The summed E-state index contributed by atoms with van der Waals surface area (Å²) in [5.41, 5.74) is 1.57. The smallest absolute Gasteiger partial charge is 0.409 e. The summed E-state index contributed by atoms with van der Waals surface area (Å²) in [6, 6.07) is 6.10. The average molecular weight is 416 g/mol. The van der Waals surface area contributed by atoms with Crippen molar-refractivity contribution in [3.8, 4) is 6.07 Å². The molecule has 1 atom stereocenters. The third-order valence-electron chi connectivity index (χ3n) is 4.47. The van der Waals surface area contributed by atoms with E-state index in [4.69, 9.17) is 4.74 Å². The van der Waals surface area contributed by atoms with Gasteiger partial charge >= 0.3 is 6.09 Å². The van der Waals surface area contributed by atoms with Crippen LogP contribution in [0.25, 0.3) is 6.08 Å². The SMILES string of the molecule is CN(C)C(=O)OCC1CCc2c(sc(NC(=O)/C=C/c3cccs3)c2C#N)C1. The summed E-state index contributed by atoms with van der Waals surface area (Å²) in [5.74, 6) is -0.0242. The zero-order chi connectivity index (χ0) is 20.1. The Labute approximate surface area is 172 Å². The van der Waals surface area contributed by atoms with Crippen molar-refractivity contribution in [3.05, 3.63) is 44.5 Å². The number of nitrogens with one attached hydrogen (secondary N) is 1. The number of thiophene rings is 2. The van der Waals surface area contributed by atoms with E-state index in [1.54, 1.807) is 31.5 Å². The molecule has 28 heavy (non-hydrogen) atoms. The number of nitriles is 1. The van der Waals surface area contributed by atoms with Crippen molar-refractivity contribution < 1.29 is 14.3 Å². The Morgan fingerprint density at radius 2 is 2.29 bits per heavy atom. The van der Waals surface area contributed by atoms with Gasteiger partial charge in [0.1, 0.15) is 11.1 Å². The zero-order valence-corrected chi connectivity index (χ0v) is 17.4. The van der Waals surface area contributed by atoms with Gasteiger partial charge in [-0.1, -0.05) is 6.07 Å². The van der Waals surface area contributed by atoms with Crippen molar-refractivity contribution in [1.29, 1.82) is 5.26 Å². The molecule has 0 saturated heterocycles. The number of anilines is 1. The van der Waals surface area contributed by atoms with Gasteiger partial charge in [-0.15, -0.1) is 22.7 Å². The van der Waals surface area contributed by atoms with Gasteiger partial charge in [0.05, 0.1) is 12.2 Å². The van der Waals surface area contributed by atoms with E-state index in [9.17, 15) is 14.9 Å². The molecule has 0 aromatic carbocycles. The maximum atomic E-state index is 12.2. The minimum absolute atomic E-state index is 0.226. The van der Waals surface area contributed by atoms with Crippen LogP contribution >= 0.6 is 22.7 Å². The summed E-state index contributed by atoms with van der Waals surface area (Å²) in [7, 11) is 3.31. The van der Waals surface area contributed by atoms with Crippen LogP contribution in [0.4, 0.5) is 9.80 Å². The lowest BCUT2D eigenvalue weighted by Gasteiger charge is -2.22. The predicted octanol–water partition coefficient (Wildman–Crippen LogP) is 4.14. The number of hydrogen-bond donors (Lipinski definition) is 1. The van der Waals surface area contributed by atoms with Crippen LogP contribution in [0.3, 0.4) is 0 Å². The summed E-state index contributed by atoms with van der Waals surface area (Å²) >= 11 is 3.00. The third-order valence-corrected chi connectivity index (χ3v) is 6.47. The van der Waals surface area contributed by atoms with Crippen molar-refractivity contribution in [3.63, 3.8) is 0 Å². The molecule has 0 spiro atoms. The monoisotopic (exact) mass is 415 g/mol. The second kappa shape index (κ2) is 9.04. The highest BCUT2D eigenvalue weighted by atomic mass is 32.1. The Balaban J connectivity index is 1.66. The number of hydrogen-bond acceptors (Lipinski definition) is 6. The Morgan fingerprint density at radius 3 is 2.96 bits per heavy atom. The van der Waals surface area contributed by atoms with Crippen molar-refractivity contribution in [2.75, 3.05) is 26.0 Å². The molecular weight excluding hydrogens is 394 g/mol. The summed E-state index contributed by atoms with van der Waals surface area (Å²) in [6.45, 7) is 0.363. The van der Waals surface area contributed by atoms with Crippen LogP contribution in [0, 0.1) is 17.2 Å². The molecule has 1 aliphatic rings. The molecule has 0 fully saturated rings. The van der Waals surface area contributed by atoms with Crippen LogP contribution in [-0.4, -0.2) is 37.6 Å². The molecule has 0 bridgehead atoms. The normalized spacial score (nSPS) is 15.7. The Morgan fingerprint density at radius 1 is 1.46 bits per heavy atom. The van der Waals surface area contributed by atoms with Gasteiger partial charge < -0.3 is 15.0 Å². The van der Waals surface area contributed by atoms with Crippen molar-refractivity contribution >= 4 is 45.8 Å². The fourth-order valence-electron chi connectivity index (χ4n) is 3.02. The van der Waals surface area contributed by atoms with Crippen molar-refractivity contribution in [2.45, 2.75) is 19.3 Å². The van der Waals surface area contributed by atoms with Gasteiger partial charge in [0.15, 0.2) is 0 Å². The van der Waals surface area contributed by atoms with Crippen molar-refractivity contribution in [2.24, 2.45) is 5.92 Å². The molecule has 146 valence electrons. The summed E-state index contributed by atoms with van der Waals surface area (Å²) < 4.78 is 5.30. The second-order valence-corrected chi connectivity index (χ2v) is 8.82. The van der Waals surface area contributed by atoms with Crippen molar-refractivity contribution in [1.82, 2.24) is 4.90 Å². The predicted molar refractivity (Wildman–Crippen MR) is 112 cm³/mol. The second-order valence-electron chi connectivity index (χ2n) is 6.74. The number of nitrogens with zero attached hydrogens (tertiary/aromatic N) is 2. The molecule has 3 rings (SSSR count). The molecule has 2 aromatic heterocycles. The fourth-order valence-corrected chi connectivity index (χ4v) is 4.95.